The van der Waals surface area contributed by atoms with Gasteiger partial charge in [0.15, 0.2) is 0 Å². The molecule has 0 fully saturated rings. The number of hydrogen-bond donors (Lipinski definition) is 1. The van der Waals surface area contributed by atoms with Gasteiger partial charge in [-0.3, -0.25) is 0 Å². The second kappa shape index (κ2) is 5.98. The highest BCUT2D eigenvalue weighted by molar-refractivity contribution is 5.36. The van der Waals surface area contributed by atoms with E-state index in [2.05, 4.69) is 0 Å². The van der Waals surface area contributed by atoms with Crippen LogP contribution in [0.4, 0.5) is 4.39 Å². The van der Waals surface area contributed by atoms with Crippen LogP contribution in [0.2, 0.25) is 0 Å². The highest BCUT2D eigenvalue weighted by Gasteiger charge is 2.08. The lowest BCUT2D eigenvalue weighted by molar-refractivity contribution is 0.108. The van der Waals surface area contributed by atoms with Gasteiger partial charge in [-0.1, -0.05) is 18.2 Å². The zero-order chi connectivity index (χ0) is 13.7. The highest BCUT2D eigenvalue weighted by Crippen LogP contribution is 2.17. The summed E-state index contributed by atoms with van der Waals surface area (Å²) in [4.78, 5) is 0. The second-order valence-corrected chi connectivity index (χ2v) is 4.02. The molecule has 19 heavy (non-hydrogen) atoms. The van der Waals surface area contributed by atoms with Crippen LogP contribution >= 0.6 is 0 Å². The fourth-order valence-electron chi connectivity index (χ4n) is 1.61. The molecule has 0 amide bonds. The number of aliphatic hydroxyl groups excluding tert-OH is 1. The lowest BCUT2D eigenvalue weighted by Gasteiger charge is -2.12. The van der Waals surface area contributed by atoms with Crippen molar-refractivity contribution in [1.29, 1.82) is 5.26 Å². The van der Waals surface area contributed by atoms with Crippen molar-refractivity contribution in [2.45, 2.75) is 6.10 Å². The highest BCUT2D eigenvalue weighted by atomic mass is 19.1. The van der Waals surface area contributed by atoms with E-state index in [0.717, 1.165) is 0 Å². The number of halogens is 1. The first-order valence-electron chi connectivity index (χ1n) is 5.75. The monoisotopic (exact) mass is 257 g/mol. The summed E-state index contributed by atoms with van der Waals surface area (Å²) in [5.74, 6) is 0.166. The Labute approximate surface area is 110 Å². The molecule has 0 aliphatic heterocycles. The van der Waals surface area contributed by atoms with Gasteiger partial charge in [0, 0.05) is 0 Å². The van der Waals surface area contributed by atoms with E-state index in [0.29, 0.717) is 16.9 Å². The summed E-state index contributed by atoms with van der Waals surface area (Å²) in [7, 11) is 0. The summed E-state index contributed by atoms with van der Waals surface area (Å²) in [5.41, 5.74) is 1.08. The van der Waals surface area contributed by atoms with Crippen LogP contribution < -0.4 is 4.74 Å². The maximum absolute atomic E-state index is 12.7. The van der Waals surface area contributed by atoms with Gasteiger partial charge in [-0.2, -0.15) is 5.26 Å². The van der Waals surface area contributed by atoms with Crippen molar-refractivity contribution in [3.63, 3.8) is 0 Å². The first kappa shape index (κ1) is 13.1. The van der Waals surface area contributed by atoms with E-state index in [1.54, 1.807) is 24.3 Å². The third kappa shape index (κ3) is 3.54. The molecule has 2 aromatic rings. The molecule has 2 rings (SSSR count). The summed E-state index contributed by atoms with van der Waals surface area (Å²) < 4.78 is 18.1. The number of rotatable bonds is 4. The number of nitriles is 1. The van der Waals surface area contributed by atoms with Crippen LogP contribution in [0.25, 0.3) is 0 Å². The number of aliphatic hydroxyl groups is 1. The van der Waals surface area contributed by atoms with Crippen molar-refractivity contribution in [1.82, 2.24) is 0 Å². The van der Waals surface area contributed by atoms with E-state index in [1.807, 2.05) is 6.07 Å². The average Bonchev–Trinajstić information content (AvgIpc) is 2.46. The SMILES string of the molecule is N#Cc1cccc(OCC(O)c2ccc(F)cc2)c1. The molecule has 1 N–H and O–H groups in total. The molecule has 1 unspecified atom stereocenters. The molecule has 0 aliphatic rings. The van der Waals surface area contributed by atoms with Crippen molar-refractivity contribution in [3.8, 4) is 11.8 Å². The van der Waals surface area contributed by atoms with Gasteiger partial charge in [0.05, 0.1) is 11.6 Å². The molecule has 0 saturated carbocycles. The van der Waals surface area contributed by atoms with Gasteiger partial charge in [0.2, 0.25) is 0 Å². The zero-order valence-electron chi connectivity index (χ0n) is 10.1. The van der Waals surface area contributed by atoms with Crippen molar-refractivity contribution in [2.24, 2.45) is 0 Å². The molecule has 3 nitrogen and oxygen atoms in total. The molecule has 0 radical (unpaired) electrons. The van der Waals surface area contributed by atoms with Gasteiger partial charge in [0.25, 0.3) is 0 Å². The fourth-order valence-corrected chi connectivity index (χ4v) is 1.61. The third-order valence-corrected chi connectivity index (χ3v) is 2.63. The summed E-state index contributed by atoms with van der Waals surface area (Å²) in [6.45, 7) is 0.0422. The Morgan fingerprint density at radius 2 is 1.95 bits per heavy atom. The van der Waals surface area contributed by atoms with Crippen LogP contribution in [0.5, 0.6) is 5.75 Å². The molecular weight excluding hydrogens is 245 g/mol. The lowest BCUT2D eigenvalue weighted by Crippen LogP contribution is -2.09. The normalized spacial score (nSPS) is 11.6. The van der Waals surface area contributed by atoms with Gasteiger partial charge in [-0.05, 0) is 35.9 Å². The Kier molecular flexibility index (Phi) is 4.11. The van der Waals surface area contributed by atoms with Crippen molar-refractivity contribution in [2.75, 3.05) is 6.61 Å². The summed E-state index contributed by atoms with van der Waals surface area (Å²) >= 11 is 0. The molecule has 0 aromatic heterocycles. The zero-order valence-corrected chi connectivity index (χ0v) is 10.1. The molecule has 4 heteroatoms. The van der Waals surface area contributed by atoms with Crippen molar-refractivity contribution >= 4 is 0 Å². The van der Waals surface area contributed by atoms with Crippen molar-refractivity contribution in [3.05, 3.63) is 65.5 Å². The minimum absolute atomic E-state index is 0.0422. The molecule has 0 spiro atoms. The Hall–Kier alpha value is -2.38. The molecule has 0 heterocycles. The second-order valence-electron chi connectivity index (χ2n) is 4.02. The molecule has 1 atom stereocenters. The molecular formula is C15H12FNO2. The topological polar surface area (TPSA) is 53.2 Å². The van der Waals surface area contributed by atoms with Gasteiger partial charge in [-0.15, -0.1) is 0 Å². The largest absolute Gasteiger partial charge is 0.490 e. The first-order chi connectivity index (χ1) is 9.19. The maximum atomic E-state index is 12.7. The fraction of sp³-hybridized carbons (Fsp3) is 0.133. The number of nitrogens with zero attached hydrogens (tertiary/aromatic N) is 1. The molecule has 0 aliphatic carbocycles. The Morgan fingerprint density at radius 3 is 2.63 bits per heavy atom. The minimum Gasteiger partial charge on any atom is -0.490 e. The maximum Gasteiger partial charge on any atom is 0.123 e. The molecule has 2 aromatic carbocycles. The average molecular weight is 257 g/mol. The lowest BCUT2D eigenvalue weighted by atomic mass is 10.1. The van der Waals surface area contributed by atoms with Gasteiger partial charge in [0.1, 0.15) is 24.3 Å². The number of ether oxygens (including phenoxy) is 1. The summed E-state index contributed by atoms with van der Waals surface area (Å²) in [6, 6.07) is 14.3. The van der Waals surface area contributed by atoms with E-state index in [1.165, 1.54) is 24.3 Å². The summed E-state index contributed by atoms with van der Waals surface area (Å²) in [5, 5.41) is 18.6. The van der Waals surface area contributed by atoms with E-state index < -0.39 is 6.10 Å². The van der Waals surface area contributed by atoms with Gasteiger partial charge in [-0.25, -0.2) is 4.39 Å². The van der Waals surface area contributed by atoms with E-state index in [9.17, 15) is 9.50 Å². The van der Waals surface area contributed by atoms with Crippen molar-refractivity contribution < 1.29 is 14.2 Å². The Balaban J connectivity index is 1.98. The van der Waals surface area contributed by atoms with E-state index in [4.69, 9.17) is 10.00 Å². The van der Waals surface area contributed by atoms with Crippen LogP contribution in [0.3, 0.4) is 0 Å². The predicted octanol–water partition coefficient (Wildman–Crippen LogP) is 2.81. The summed E-state index contributed by atoms with van der Waals surface area (Å²) in [6.07, 6.45) is -0.841. The smallest absolute Gasteiger partial charge is 0.123 e. The van der Waals surface area contributed by atoms with E-state index in [-0.39, 0.29) is 12.4 Å². The quantitative estimate of drug-likeness (QED) is 0.916. The Morgan fingerprint density at radius 1 is 1.21 bits per heavy atom. The van der Waals surface area contributed by atoms with Crippen LogP contribution in [0.15, 0.2) is 48.5 Å². The van der Waals surface area contributed by atoms with Crippen LogP contribution in [-0.4, -0.2) is 11.7 Å². The van der Waals surface area contributed by atoms with E-state index >= 15 is 0 Å². The first-order valence-corrected chi connectivity index (χ1v) is 5.75. The standard InChI is InChI=1S/C15H12FNO2/c16-13-6-4-12(5-7-13)15(18)10-19-14-3-1-2-11(8-14)9-17/h1-8,15,18H,10H2. The minimum atomic E-state index is -0.841. The number of hydrogen-bond acceptors (Lipinski definition) is 3. The van der Waals surface area contributed by atoms with Gasteiger partial charge < -0.3 is 9.84 Å². The van der Waals surface area contributed by atoms with Gasteiger partial charge >= 0.3 is 0 Å². The predicted molar refractivity (Wildman–Crippen MR) is 68.0 cm³/mol. The number of benzene rings is 2. The van der Waals surface area contributed by atoms with Crippen LogP contribution in [-0.2, 0) is 0 Å². The molecule has 96 valence electrons. The Bertz CT molecular complexity index is 590. The molecule has 0 bridgehead atoms. The molecule has 0 saturated heterocycles. The third-order valence-electron chi connectivity index (χ3n) is 2.63. The van der Waals surface area contributed by atoms with Crippen LogP contribution in [0.1, 0.15) is 17.2 Å². The van der Waals surface area contributed by atoms with Crippen LogP contribution in [0, 0.1) is 17.1 Å².